The molecule has 7 heteroatoms. The van der Waals surface area contributed by atoms with Crippen LogP contribution in [0.5, 0.6) is 0 Å². The lowest BCUT2D eigenvalue weighted by atomic mass is 9.95. The van der Waals surface area contributed by atoms with Crippen LogP contribution in [-0.4, -0.2) is 38.7 Å². The summed E-state index contributed by atoms with van der Waals surface area (Å²) in [5.41, 5.74) is 3.82. The summed E-state index contributed by atoms with van der Waals surface area (Å²) in [4.78, 5) is 26.8. The van der Waals surface area contributed by atoms with Crippen molar-refractivity contribution in [2.75, 3.05) is 13.1 Å². The van der Waals surface area contributed by atoms with E-state index in [2.05, 4.69) is 40.6 Å². The van der Waals surface area contributed by atoms with Gasteiger partial charge >= 0.3 is 5.69 Å². The summed E-state index contributed by atoms with van der Waals surface area (Å²) in [6.45, 7) is 5.12. The van der Waals surface area contributed by atoms with Gasteiger partial charge in [0.1, 0.15) is 11.6 Å². The molecule has 6 nitrogen and oxygen atoms in total. The Balaban J connectivity index is 1.39. The monoisotopic (exact) mass is 486 g/mol. The maximum atomic E-state index is 15.4. The Hall–Kier alpha value is -3.74. The molecule has 36 heavy (non-hydrogen) atoms. The van der Waals surface area contributed by atoms with E-state index in [-0.39, 0.29) is 23.4 Å². The molecule has 3 aromatic rings. The molecule has 0 bridgehead atoms. The minimum absolute atomic E-state index is 0.0442. The molecule has 2 aromatic carbocycles. The summed E-state index contributed by atoms with van der Waals surface area (Å²) in [7, 11) is 0. The number of hydrogen-bond donors (Lipinski definition) is 1. The van der Waals surface area contributed by atoms with Crippen molar-refractivity contribution in [2.24, 2.45) is 11.8 Å². The van der Waals surface area contributed by atoms with E-state index in [4.69, 9.17) is 0 Å². The highest BCUT2D eigenvalue weighted by Crippen LogP contribution is 2.28. The number of benzene rings is 2. The van der Waals surface area contributed by atoms with E-state index in [1.54, 1.807) is 6.07 Å². The highest BCUT2D eigenvalue weighted by atomic mass is 19.1. The fourth-order valence-electron chi connectivity index (χ4n) is 5.14. The highest BCUT2D eigenvalue weighted by molar-refractivity contribution is 5.78. The van der Waals surface area contributed by atoms with Crippen LogP contribution in [0.15, 0.2) is 59.4 Å². The first kappa shape index (κ1) is 24.0. The van der Waals surface area contributed by atoms with Gasteiger partial charge in [-0.25, -0.2) is 18.9 Å². The van der Waals surface area contributed by atoms with Gasteiger partial charge in [0.25, 0.3) is 0 Å². The number of nitrogens with one attached hydrogen (secondary N) is 1. The topological polar surface area (TPSA) is 71.0 Å². The van der Waals surface area contributed by atoms with Crippen LogP contribution in [0.2, 0.25) is 0 Å². The van der Waals surface area contributed by atoms with Crippen LogP contribution < -0.4 is 5.69 Å². The molecular weight excluding hydrogens is 455 g/mol. The van der Waals surface area contributed by atoms with Crippen molar-refractivity contribution in [3.05, 3.63) is 87.9 Å². The molecule has 1 atom stereocenters. The maximum Gasteiger partial charge on any atom is 0.348 e. The minimum Gasteiger partial charge on any atom is -0.342 e. The van der Waals surface area contributed by atoms with Crippen LogP contribution in [-0.2, 0) is 17.6 Å². The molecule has 1 amide bonds. The molecule has 5 rings (SSSR count). The number of amides is 1. The quantitative estimate of drug-likeness (QED) is 0.556. The molecular formula is C29H31FN4O2. The third-order valence-corrected chi connectivity index (χ3v) is 7.07. The molecule has 2 aliphatic rings. The Labute approximate surface area is 210 Å². The van der Waals surface area contributed by atoms with Crippen molar-refractivity contribution in [3.63, 3.8) is 0 Å². The number of nitrogens with zero attached hydrogens (tertiary/aromatic N) is 3. The number of hydrogen-bond acceptors (Lipinski definition) is 3. The van der Waals surface area contributed by atoms with Crippen LogP contribution in [0.25, 0.3) is 22.9 Å². The third-order valence-electron chi connectivity index (χ3n) is 7.07. The Morgan fingerprint density at radius 3 is 2.78 bits per heavy atom. The summed E-state index contributed by atoms with van der Waals surface area (Å²) >= 11 is 0. The van der Waals surface area contributed by atoms with Crippen molar-refractivity contribution in [1.29, 1.82) is 0 Å². The highest BCUT2D eigenvalue weighted by Gasteiger charge is 2.29. The van der Waals surface area contributed by atoms with Crippen molar-refractivity contribution >= 4 is 12.0 Å². The summed E-state index contributed by atoms with van der Waals surface area (Å²) in [5.74, 6) is 0.277. The Bertz CT molecular complexity index is 1400. The van der Waals surface area contributed by atoms with E-state index in [1.165, 1.54) is 21.8 Å². The first-order chi connectivity index (χ1) is 17.4. The lowest BCUT2D eigenvalue weighted by Gasteiger charge is -2.18. The van der Waals surface area contributed by atoms with E-state index in [1.807, 2.05) is 37.0 Å². The summed E-state index contributed by atoms with van der Waals surface area (Å²) < 4.78 is 16.7. The van der Waals surface area contributed by atoms with Gasteiger partial charge in [-0.2, -0.15) is 5.10 Å². The first-order valence-electron chi connectivity index (χ1n) is 12.6. The van der Waals surface area contributed by atoms with Gasteiger partial charge in [0.05, 0.1) is 5.69 Å². The second-order valence-corrected chi connectivity index (χ2v) is 9.98. The molecule has 2 heterocycles. The van der Waals surface area contributed by atoms with Gasteiger partial charge in [-0.15, -0.1) is 0 Å². The van der Waals surface area contributed by atoms with Crippen molar-refractivity contribution in [3.8, 4) is 16.8 Å². The maximum absolute atomic E-state index is 15.4. The van der Waals surface area contributed by atoms with E-state index < -0.39 is 11.5 Å². The van der Waals surface area contributed by atoms with Crippen LogP contribution in [0.4, 0.5) is 4.39 Å². The van der Waals surface area contributed by atoms with Gasteiger partial charge in [0.15, 0.2) is 0 Å². The van der Waals surface area contributed by atoms with E-state index in [0.29, 0.717) is 25.3 Å². The second-order valence-electron chi connectivity index (χ2n) is 9.98. The third kappa shape index (κ3) is 4.83. The average molecular weight is 487 g/mol. The molecule has 1 aliphatic carbocycles. The first-order valence-corrected chi connectivity index (χ1v) is 12.6. The fraction of sp³-hybridized carbons (Fsp3) is 0.345. The smallest absolute Gasteiger partial charge is 0.342 e. The van der Waals surface area contributed by atoms with Gasteiger partial charge < -0.3 is 4.90 Å². The number of aryl methyl sites for hydroxylation is 1. The Morgan fingerprint density at radius 1 is 1.17 bits per heavy atom. The summed E-state index contributed by atoms with van der Waals surface area (Å²) in [6.07, 6.45) is 11.6. The molecule has 0 saturated carbocycles. The molecule has 1 N–H and O–H groups in total. The molecule has 1 aromatic heterocycles. The molecule has 186 valence electrons. The van der Waals surface area contributed by atoms with Crippen molar-refractivity contribution < 1.29 is 9.18 Å². The zero-order chi connectivity index (χ0) is 25.2. The van der Waals surface area contributed by atoms with Gasteiger partial charge in [-0.3, -0.25) is 4.79 Å². The number of aromatic nitrogens is 3. The fourth-order valence-corrected chi connectivity index (χ4v) is 5.14. The molecule has 0 spiro atoms. The van der Waals surface area contributed by atoms with Gasteiger partial charge in [0, 0.05) is 25.4 Å². The number of halogens is 1. The van der Waals surface area contributed by atoms with E-state index in [9.17, 15) is 9.59 Å². The zero-order valence-electron chi connectivity index (χ0n) is 20.7. The predicted octanol–water partition coefficient (Wildman–Crippen LogP) is 4.93. The van der Waals surface area contributed by atoms with Crippen LogP contribution in [0.1, 0.15) is 43.6 Å². The molecule has 1 aliphatic heterocycles. The number of fused-ring (bicyclic) bond motifs is 1. The number of allylic oxidation sites excluding steroid dienone is 3. The second kappa shape index (κ2) is 10.1. The molecule has 1 saturated heterocycles. The summed E-state index contributed by atoms with van der Waals surface area (Å²) in [6, 6.07) is 11.2. The molecule has 1 fully saturated rings. The van der Waals surface area contributed by atoms with Crippen LogP contribution in [0, 0.1) is 17.7 Å². The number of likely N-dealkylation sites (tertiary alicyclic amines) is 1. The van der Waals surface area contributed by atoms with Gasteiger partial charge in [-0.05, 0) is 59.6 Å². The van der Waals surface area contributed by atoms with Crippen molar-refractivity contribution in [1.82, 2.24) is 19.7 Å². The van der Waals surface area contributed by atoms with Crippen LogP contribution >= 0.6 is 0 Å². The Kier molecular flexibility index (Phi) is 6.72. The largest absolute Gasteiger partial charge is 0.348 e. The minimum atomic E-state index is -0.477. The van der Waals surface area contributed by atoms with Gasteiger partial charge in [0.2, 0.25) is 5.91 Å². The van der Waals surface area contributed by atoms with Crippen LogP contribution in [0.3, 0.4) is 0 Å². The number of rotatable bonds is 5. The number of carbonyl (C=O) groups excluding carboxylic acids is 1. The van der Waals surface area contributed by atoms with Gasteiger partial charge in [-0.1, -0.05) is 62.4 Å². The standard InChI is InChI=1S/C29H31FN4O2/c1-19(2)28(35)33-14-13-20(18-33)15-27-31-32-29(36)34(27)26-12-11-24(17-25(26)30)23-10-9-21-7-5-3-4-6-8-22(21)16-23/h3-5,7,9-12,16-17,19-20H,6,8,13-15,18H2,1-2H3,(H,32,36). The molecule has 0 radical (unpaired) electrons. The van der Waals surface area contributed by atoms with E-state index in [0.717, 1.165) is 30.4 Å². The Morgan fingerprint density at radius 2 is 1.97 bits per heavy atom. The van der Waals surface area contributed by atoms with E-state index >= 15 is 4.39 Å². The number of aromatic amines is 1. The normalized spacial score (nSPS) is 17.3. The lowest BCUT2D eigenvalue weighted by molar-refractivity contribution is -0.133. The SMILES string of the molecule is CC(C)C(=O)N1CCC(Cc2n[nH]c(=O)n2-c2ccc(-c3ccc4c(c3)CCC=CC=C4)cc2F)C1. The molecule has 1 unspecified atom stereocenters. The predicted molar refractivity (Wildman–Crippen MR) is 139 cm³/mol. The number of carbonyl (C=O) groups is 1. The van der Waals surface area contributed by atoms with Crippen molar-refractivity contribution in [2.45, 2.75) is 39.5 Å². The average Bonchev–Trinajstić information content (AvgIpc) is 3.45. The zero-order valence-corrected chi connectivity index (χ0v) is 20.7. The lowest BCUT2D eigenvalue weighted by Crippen LogP contribution is -2.32. The number of H-pyrrole nitrogens is 1. The summed E-state index contributed by atoms with van der Waals surface area (Å²) in [5, 5.41) is 6.67.